The number of allylic oxidation sites excluding steroid dienone is 1. The van der Waals surface area contributed by atoms with Crippen molar-refractivity contribution in [1.29, 1.82) is 0 Å². The Morgan fingerprint density at radius 2 is 2.33 bits per heavy atom. The summed E-state index contributed by atoms with van der Waals surface area (Å²) in [6.07, 6.45) is 1.88. The van der Waals surface area contributed by atoms with Gasteiger partial charge in [-0.05, 0) is 18.1 Å². The SMILES string of the molecule is C=CCc1ccc(C(=O)O)c(OC)c1F. The number of ether oxygens (including phenoxy) is 1. The van der Waals surface area contributed by atoms with Crippen LogP contribution in [0.25, 0.3) is 0 Å². The van der Waals surface area contributed by atoms with Gasteiger partial charge in [-0.1, -0.05) is 12.1 Å². The van der Waals surface area contributed by atoms with Crippen molar-refractivity contribution in [3.05, 3.63) is 41.7 Å². The number of carboxylic acids is 1. The predicted octanol–water partition coefficient (Wildman–Crippen LogP) is 2.26. The lowest BCUT2D eigenvalue weighted by molar-refractivity contribution is 0.0692. The molecule has 3 nitrogen and oxygen atoms in total. The molecule has 0 fully saturated rings. The molecule has 0 saturated heterocycles. The molecule has 0 radical (unpaired) electrons. The maximum absolute atomic E-state index is 13.6. The molecule has 0 spiro atoms. The van der Waals surface area contributed by atoms with E-state index in [0.717, 1.165) is 0 Å². The third-order valence-electron chi connectivity index (χ3n) is 1.98. The van der Waals surface area contributed by atoms with Crippen LogP contribution in [0.3, 0.4) is 0 Å². The van der Waals surface area contributed by atoms with Crippen LogP contribution in [-0.2, 0) is 6.42 Å². The summed E-state index contributed by atoms with van der Waals surface area (Å²) in [5, 5.41) is 8.78. The van der Waals surface area contributed by atoms with Gasteiger partial charge in [-0.25, -0.2) is 9.18 Å². The molecule has 0 bridgehead atoms. The molecule has 0 saturated carbocycles. The van der Waals surface area contributed by atoms with Gasteiger partial charge < -0.3 is 9.84 Å². The summed E-state index contributed by atoms with van der Waals surface area (Å²) < 4.78 is 18.4. The standard InChI is InChI=1S/C11H11FO3/c1-3-4-7-5-6-8(11(13)14)10(15-2)9(7)12/h3,5-6H,1,4H2,2H3,(H,13,14). The molecule has 0 aliphatic rings. The van der Waals surface area contributed by atoms with Gasteiger partial charge in [0.25, 0.3) is 0 Å². The second kappa shape index (κ2) is 4.59. The minimum atomic E-state index is -1.21. The Labute approximate surface area is 86.8 Å². The zero-order valence-electron chi connectivity index (χ0n) is 8.29. The first-order valence-corrected chi connectivity index (χ1v) is 4.31. The molecule has 1 rings (SSSR count). The zero-order chi connectivity index (χ0) is 11.4. The van der Waals surface area contributed by atoms with E-state index in [-0.39, 0.29) is 11.3 Å². The summed E-state index contributed by atoms with van der Waals surface area (Å²) >= 11 is 0. The summed E-state index contributed by atoms with van der Waals surface area (Å²) in [5.41, 5.74) is 0.190. The first-order valence-electron chi connectivity index (χ1n) is 4.31. The topological polar surface area (TPSA) is 46.5 Å². The molecular weight excluding hydrogens is 199 g/mol. The highest BCUT2D eigenvalue weighted by Gasteiger charge is 2.17. The van der Waals surface area contributed by atoms with Crippen LogP contribution in [0.1, 0.15) is 15.9 Å². The van der Waals surface area contributed by atoms with E-state index in [1.54, 1.807) is 0 Å². The van der Waals surface area contributed by atoms with Gasteiger partial charge in [-0.15, -0.1) is 6.58 Å². The Balaban J connectivity index is 3.31. The molecule has 0 unspecified atom stereocenters. The molecule has 1 aromatic rings. The number of benzene rings is 1. The predicted molar refractivity (Wildman–Crippen MR) is 53.8 cm³/mol. The van der Waals surface area contributed by atoms with E-state index in [0.29, 0.717) is 12.0 Å². The molecule has 1 N–H and O–H groups in total. The molecule has 0 aromatic heterocycles. The van der Waals surface area contributed by atoms with E-state index in [1.807, 2.05) is 0 Å². The van der Waals surface area contributed by atoms with Crippen LogP contribution in [0.4, 0.5) is 4.39 Å². The Morgan fingerprint density at radius 3 is 2.80 bits per heavy atom. The van der Waals surface area contributed by atoms with E-state index in [2.05, 4.69) is 6.58 Å². The van der Waals surface area contributed by atoms with Crippen LogP contribution in [0.2, 0.25) is 0 Å². The van der Waals surface area contributed by atoms with Crippen LogP contribution in [0.15, 0.2) is 24.8 Å². The highest BCUT2D eigenvalue weighted by Crippen LogP contribution is 2.26. The average molecular weight is 210 g/mol. The number of rotatable bonds is 4. The largest absolute Gasteiger partial charge is 0.493 e. The number of methoxy groups -OCH3 is 1. The smallest absolute Gasteiger partial charge is 0.339 e. The molecule has 0 aliphatic heterocycles. The fourth-order valence-electron chi connectivity index (χ4n) is 1.28. The van der Waals surface area contributed by atoms with Crippen LogP contribution < -0.4 is 4.74 Å². The zero-order valence-corrected chi connectivity index (χ0v) is 8.29. The van der Waals surface area contributed by atoms with Crippen molar-refractivity contribution in [2.45, 2.75) is 6.42 Å². The molecule has 0 atom stereocenters. The summed E-state index contributed by atoms with van der Waals surface area (Å²) in [6, 6.07) is 2.74. The average Bonchev–Trinajstić information content (AvgIpc) is 2.20. The molecule has 15 heavy (non-hydrogen) atoms. The van der Waals surface area contributed by atoms with Crippen LogP contribution in [0, 0.1) is 5.82 Å². The highest BCUT2D eigenvalue weighted by atomic mass is 19.1. The number of halogens is 1. The van der Waals surface area contributed by atoms with Gasteiger partial charge in [-0.3, -0.25) is 0 Å². The molecule has 4 heteroatoms. The fraction of sp³-hybridized carbons (Fsp3) is 0.182. The van der Waals surface area contributed by atoms with Gasteiger partial charge in [0, 0.05) is 0 Å². The maximum atomic E-state index is 13.6. The number of carbonyl (C=O) groups is 1. The van der Waals surface area contributed by atoms with Crippen molar-refractivity contribution in [2.24, 2.45) is 0 Å². The van der Waals surface area contributed by atoms with Crippen molar-refractivity contribution in [2.75, 3.05) is 7.11 Å². The summed E-state index contributed by atoms with van der Waals surface area (Å²) in [7, 11) is 1.24. The normalized spacial score (nSPS) is 9.73. The van der Waals surface area contributed by atoms with Gasteiger partial charge in [0.05, 0.1) is 7.11 Å². The van der Waals surface area contributed by atoms with E-state index in [4.69, 9.17) is 9.84 Å². The third kappa shape index (κ3) is 2.15. The Morgan fingerprint density at radius 1 is 1.67 bits per heavy atom. The molecule has 0 aliphatic carbocycles. The number of carboxylic acid groups (broad SMARTS) is 1. The molecule has 0 heterocycles. The van der Waals surface area contributed by atoms with Crippen molar-refractivity contribution in [3.63, 3.8) is 0 Å². The second-order valence-electron chi connectivity index (χ2n) is 2.92. The van der Waals surface area contributed by atoms with E-state index >= 15 is 0 Å². The van der Waals surface area contributed by atoms with Crippen LogP contribution >= 0.6 is 0 Å². The summed E-state index contributed by atoms with van der Waals surface area (Å²) in [6.45, 7) is 3.49. The fourth-order valence-corrected chi connectivity index (χ4v) is 1.28. The number of hydrogen-bond acceptors (Lipinski definition) is 2. The van der Waals surface area contributed by atoms with Gasteiger partial charge in [-0.2, -0.15) is 0 Å². The van der Waals surface area contributed by atoms with Gasteiger partial charge in [0.2, 0.25) is 0 Å². The van der Waals surface area contributed by atoms with Crippen molar-refractivity contribution in [1.82, 2.24) is 0 Å². The minimum Gasteiger partial charge on any atom is -0.493 e. The monoisotopic (exact) mass is 210 g/mol. The summed E-state index contributed by atoms with van der Waals surface area (Å²) in [5.74, 6) is -2.09. The number of aromatic carboxylic acids is 1. The lowest BCUT2D eigenvalue weighted by atomic mass is 10.1. The lowest BCUT2D eigenvalue weighted by Gasteiger charge is -2.08. The van der Waals surface area contributed by atoms with E-state index in [9.17, 15) is 9.18 Å². The van der Waals surface area contributed by atoms with Crippen LogP contribution in [-0.4, -0.2) is 18.2 Å². The van der Waals surface area contributed by atoms with E-state index in [1.165, 1.54) is 25.3 Å². The molecule has 0 amide bonds. The first kappa shape index (κ1) is 11.2. The highest BCUT2D eigenvalue weighted by molar-refractivity contribution is 5.91. The second-order valence-corrected chi connectivity index (χ2v) is 2.92. The molecule has 1 aromatic carbocycles. The maximum Gasteiger partial charge on any atom is 0.339 e. The van der Waals surface area contributed by atoms with Crippen molar-refractivity contribution < 1.29 is 19.0 Å². The summed E-state index contributed by atoms with van der Waals surface area (Å²) in [4.78, 5) is 10.7. The Bertz CT molecular complexity index is 399. The van der Waals surface area contributed by atoms with Crippen LogP contribution in [0.5, 0.6) is 5.75 Å². The third-order valence-corrected chi connectivity index (χ3v) is 1.98. The lowest BCUT2D eigenvalue weighted by Crippen LogP contribution is -2.04. The minimum absolute atomic E-state index is 0.178. The molecular formula is C11H11FO3. The van der Waals surface area contributed by atoms with E-state index < -0.39 is 11.8 Å². The molecule has 80 valence electrons. The first-order chi connectivity index (χ1) is 7.11. The number of hydrogen-bond donors (Lipinski definition) is 1. The Hall–Kier alpha value is -1.84. The van der Waals surface area contributed by atoms with Crippen molar-refractivity contribution >= 4 is 5.97 Å². The van der Waals surface area contributed by atoms with Crippen molar-refractivity contribution in [3.8, 4) is 5.75 Å². The van der Waals surface area contributed by atoms with Gasteiger partial charge >= 0.3 is 5.97 Å². The van der Waals surface area contributed by atoms with Gasteiger partial charge in [0.15, 0.2) is 11.6 Å². The van der Waals surface area contributed by atoms with Gasteiger partial charge in [0.1, 0.15) is 5.56 Å². The quantitative estimate of drug-likeness (QED) is 0.775. The Kier molecular flexibility index (Phi) is 3.44.